The van der Waals surface area contributed by atoms with Crippen LogP contribution in [0.4, 0.5) is 0 Å². The van der Waals surface area contributed by atoms with Crippen LogP contribution < -0.4 is 5.32 Å². The number of rotatable bonds is 14. The first kappa shape index (κ1) is 22.2. The highest BCUT2D eigenvalue weighted by Crippen LogP contribution is 2.14. The zero-order chi connectivity index (χ0) is 14.4. The molecular formula is C18H41NO. The lowest BCUT2D eigenvalue weighted by atomic mass is 9.95. The average molecular weight is 288 g/mol. The smallest absolute Gasteiger partial charge is 0.0148 e. The summed E-state index contributed by atoms with van der Waals surface area (Å²) in [6, 6.07) is 0. The van der Waals surface area contributed by atoms with Gasteiger partial charge in [0.1, 0.15) is 0 Å². The van der Waals surface area contributed by atoms with Crippen molar-refractivity contribution in [3.8, 4) is 0 Å². The minimum Gasteiger partial charge on any atom is -0.412 e. The van der Waals surface area contributed by atoms with Crippen LogP contribution in [-0.4, -0.2) is 17.6 Å². The SMILES string of the molecule is CCCCCCCCCCCCNC(C)(CC)CC.O. The van der Waals surface area contributed by atoms with Crippen LogP contribution >= 0.6 is 0 Å². The van der Waals surface area contributed by atoms with Crippen LogP contribution in [0.3, 0.4) is 0 Å². The van der Waals surface area contributed by atoms with Gasteiger partial charge in [0.15, 0.2) is 0 Å². The van der Waals surface area contributed by atoms with Gasteiger partial charge in [-0.2, -0.15) is 0 Å². The largest absolute Gasteiger partial charge is 0.412 e. The van der Waals surface area contributed by atoms with Crippen molar-refractivity contribution >= 4 is 0 Å². The number of unbranched alkanes of at least 4 members (excludes halogenated alkanes) is 9. The van der Waals surface area contributed by atoms with E-state index in [0.717, 1.165) is 0 Å². The fourth-order valence-electron chi connectivity index (χ4n) is 2.50. The number of hydrogen-bond donors (Lipinski definition) is 1. The first-order valence-corrected chi connectivity index (χ1v) is 8.93. The molecule has 0 aliphatic carbocycles. The second-order valence-corrected chi connectivity index (χ2v) is 6.38. The van der Waals surface area contributed by atoms with Gasteiger partial charge in [-0.05, 0) is 32.7 Å². The molecule has 0 atom stereocenters. The summed E-state index contributed by atoms with van der Waals surface area (Å²) in [6.07, 6.45) is 16.7. The van der Waals surface area contributed by atoms with Crippen LogP contribution in [0.25, 0.3) is 0 Å². The molecule has 0 aliphatic rings. The highest BCUT2D eigenvalue weighted by atomic mass is 16.0. The Hall–Kier alpha value is -0.0800. The standard InChI is InChI=1S/C18H39N.H2O/c1-5-8-9-10-11-12-13-14-15-16-17-19-18(4,6-2)7-3;/h19H,5-17H2,1-4H3;1H2. The van der Waals surface area contributed by atoms with E-state index in [2.05, 4.69) is 33.0 Å². The minimum absolute atomic E-state index is 0. The highest BCUT2D eigenvalue weighted by molar-refractivity contribution is 4.79. The molecule has 0 aromatic heterocycles. The fraction of sp³-hybridized carbons (Fsp3) is 1.00. The lowest BCUT2D eigenvalue weighted by molar-refractivity contribution is 0.328. The summed E-state index contributed by atoms with van der Waals surface area (Å²) in [7, 11) is 0. The molecule has 2 nitrogen and oxygen atoms in total. The van der Waals surface area contributed by atoms with Gasteiger partial charge < -0.3 is 10.8 Å². The van der Waals surface area contributed by atoms with Crippen molar-refractivity contribution in [3.05, 3.63) is 0 Å². The lowest BCUT2D eigenvalue weighted by Gasteiger charge is -2.28. The van der Waals surface area contributed by atoms with Gasteiger partial charge in [0.2, 0.25) is 0 Å². The van der Waals surface area contributed by atoms with Gasteiger partial charge in [0.25, 0.3) is 0 Å². The Labute approximate surface area is 128 Å². The Morgan fingerprint density at radius 1 is 0.650 bits per heavy atom. The van der Waals surface area contributed by atoms with Crippen molar-refractivity contribution in [3.63, 3.8) is 0 Å². The maximum absolute atomic E-state index is 3.72. The van der Waals surface area contributed by atoms with Gasteiger partial charge in [-0.25, -0.2) is 0 Å². The third-order valence-corrected chi connectivity index (χ3v) is 4.64. The molecule has 0 radical (unpaired) electrons. The molecule has 0 heterocycles. The molecule has 0 rings (SSSR count). The third-order valence-electron chi connectivity index (χ3n) is 4.64. The molecule has 0 unspecified atom stereocenters. The van der Waals surface area contributed by atoms with Gasteiger partial charge in [-0.3, -0.25) is 0 Å². The predicted octanol–water partition coefficient (Wildman–Crippen LogP) is 5.25. The van der Waals surface area contributed by atoms with E-state index in [4.69, 9.17) is 0 Å². The summed E-state index contributed by atoms with van der Waals surface area (Å²) >= 11 is 0. The fourth-order valence-corrected chi connectivity index (χ4v) is 2.50. The molecule has 0 saturated carbocycles. The molecule has 0 amide bonds. The molecule has 2 heteroatoms. The monoisotopic (exact) mass is 287 g/mol. The van der Waals surface area contributed by atoms with E-state index < -0.39 is 0 Å². The molecule has 0 aromatic carbocycles. The third kappa shape index (κ3) is 12.9. The molecular weight excluding hydrogens is 246 g/mol. The second kappa shape index (κ2) is 15.3. The summed E-state index contributed by atoms with van der Waals surface area (Å²) in [5.74, 6) is 0. The molecule has 0 aliphatic heterocycles. The van der Waals surface area contributed by atoms with Crippen molar-refractivity contribution in [2.45, 2.75) is 110 Å². The van der Waals surface area contributed by atoms with Crippen molar-refractivity contribution < 1.29 is 5.48 Å². The topological polar surface area (TPSA) is 43.5 Å². The Morgan fingerprint density at radius 3 is 1.45 bits per heavy atom. The zero-order valence-corrected chi connectivity index (χ0v) is 14.7. The van der Waals surface area contributed by atoms with Gasteiger partial charge in [-0.15, -0.1) is 0 Å². The zero-order valence-electron chi connectivity index (χ0n) is 14.7. The maximum atomic E-state index is 3.72. The van der Waals surface area contributed by atoms with E-state index in [1.807, 2.05) is 0 Å². The first-order chi connectivity index (χ1) is 9.18. The first-order valence-electron chi connectivity index (χ1n) is 8.93. The number of hydrogen-bond acceptors (Lipinski definition) is 1. The van der Waals surface area contributed by atoms with Gasteiger partial charge in [0.05, 0.1) is 0 Å². The quantitative estimate of drug-likeness (QED) is 0.436. The van der Waals surface area contributed by atoms with E-state index in [1.54, 1.807) is 0 Å². The Balaban J connectivity index is 0. The highest BCUT2D eigenvalue weighted by Gasteiger charge is 2.17. The summed E-state index contributed by atoms with van der Waals surface area (Å²) < 4.78 is 0. The van der Waals surface area contributed by atoms with Gasteiger partial charge in [0, 0.05) is 5.54 Å². The Kier molecular flexibility index (Phi) is 17.0. The van der Waals surface area contributed by atoms with E-state index in [1.165, 1.54) is 83.6 Å². The molecule has 0 fully saturated rings. The molecule has 0 spiro atoms. The van der Waals surface area contributed by atoms with Crippen molar-refractivity contribution in [1.82, 2.24) is 5.32 Å². The van der Waals surface area contributed by atoms with E-state index >= 15 is 0 Å². The van der Waals surface area contributed by atoms with Crippen LogP contribution in [0.1, 0.15) is 105 Å². The van der Waals surface area contributed by atoms with Crippen LogP contribution in [0.2, 0.25) is 0 Å². The van der Waals surface area contributed by atoms with E-state index in [9.17, 15) is 0 Å². The van der Waals surface area contributed by atoms with Crippen LogP contribution in [0, 0.1) is 0 Å². The average Bonchev–Trinajstić information content (AvgIpc) is 2.44. The summed E-state index contributed by atoms with van der Waals surface area (Å²) in [6.45, 7) is 10.4. The predicted molar refractivity (Wildman–Crippen MR) is 92.4 cm³/mol. The molecule has 20 heavy (non-hydrogen) atoms. The summed E-state index contributed by atoms with van der Waals surface area (Å²) in [5.41, 5.74) is 0.374. The Bertz CT molecular complexity index is 178. The van der Waals surface area contributed by atoms with Crippen molar-refractivity contribution in [1.29, 1.82) is 0 Å². The van der Waals surface area contributed by atoms with Gasteiger partial charge >= 0.3 is 0 Å². The van der Waals surface area contributed by atoms with Crippen LogP contribution in [-0.2, 0) is 0 Å². The van der Waals surface area contributed by atoms with E-state index in [-0.39, 0.29) is 5.48 Å². The normalized spacial score (nSPS) is 11.4. The van der Waals surface area contributed by atoms with Crippen LogP contribution in [0.5, 0.6) is 0 Å². The van der Waals surface area contributed by atoms with E-state index in [0.29, 0.717) is 5.54 Å². The van der Waals surface area contributed by atoms with Crippen molar-refractivity contribution in [2.24, 2.45) is 0 Å². The second-order valence-electron chi connectivity index (χ2n) is 6.38. The molecule has 0 saturated heterocycles. The van der Waals surface area contributed by atoms with Crippen molar-refractivity contribution in [2.75, 3.05) is 6.54 Å². The maximum Gasteiger partial charge on any atom is 0.0148 e. The Morgan fingerprint density at radius 2 is 1.05 bits per heavy atom. The molecule has 3 N–H and O–H groups in total. The molecule has 124 valence electrons. The van der Waals surface area contributed by atoms with Crippen LogP contribution in [0.15, 0.2) is 0 Å². The summed E-state index contributed by atoms with van der Waals surface area (Å²) in [5, 5.41) is 3.72. The minimum atomic E-state index is 0. The summed E-state index contributed by atoms with van der Waals surface area (Å²) in [4.78, 5) is 0. The number of nitrogens with one attached hydrogen (secondary N) is 1. The lowest BCUT2D eigenvalue weighted by Crippen LogP contribution is -2.41. The van der Waals surface area contributed by atoms with Gasteiger partial charge in [-0.1, -0.05) is 78.6 Å². The molecule has 0 aromatic rings. The molecule has 0 bridgehead atoms.